The molecule has 0 radical (unpaired) electrons. The van der Waals surface area contributed by atoms with Crippen molar-refractivity contribution >= 4 is 5.91 Å². The van der Waals surface area contributed by atoms with Gasteiger partial charge in [-0.2, -0.15) is 5.10 Å². The summed E-state index contributed by atoms with van der Waals surface area (Å²) in [5.41, 5.74) is 0.610. The molecule has 0 bridgehead atoms. The molecule has 154 valence electrons. The van der Waals surface area contributed by atoms with Gasteiger partial charge >= 0.3 is 5.69 Å². The zero-order valence-electron chi connectivity index (χ0n) is 16.7. The second kappa shape index (κ2) is 7.24. The van der Waals surface area contributed by atoms with Crippen LogP contribution in [0.2, 0.25) is 0 Å². The molecule has 1 aliphatic carbocycles. The number of hydrogen-bond acceptors (Lipinski definition) is 5. The minimum Gasteiger partial charge on any atom is -0.454 e. The van der Waals surface area contributed by atoms with Crippen molar-refractivity contribution in [2.45, 2.75) is 50.5 Å². The fourth-order valence-electron chi connectivity index (χ4n) is 4.84. The smallest absolute Gasteiger partial charge is 0.345 e. The van der Waals surface area contributed by atoms with Crippen LogP contribution in [0.1, 0.15) is 66.7 Å². The average molecular weight is 398 g/mol. The lowest BCUT2D eigenvalue weighted by Crippen LogP contribution is -2.38. The Bertz CT molecular complexity index is 981. The zero-order chi connectivity index (χ0) is 20.0. The topological polar surface area (TPSA) is 78.6 Å². The van der Waals surface area contributed by atoms with E-state index < -0.39 is 0 Å². The number of fused-ring (bicyclic) bond motifs is 1. The van der Waals surface area contributed by atoms with Gasteiger partial charge in [0.05, 0.1) is 0 Å². The molecule has 3 aliphatic rings. The van der Waals surface area contributed by atoms with Crippen molar-refractivity contribution in [3.63, 3.8) is 0 Å². The third-order valence-corrected chi connectivity index (χ3v) is 6.44. The van der Waals surface area contributed by atoms with Crippen LogP contribution < -0.4 is 15.2 Å². The lowest BCUT2D eigenvalue weighted by molar-refractivity contribution is 0.0709. The van der Waals surface area contributed by atoms with Crippen molar-refractivity contribution in [3.05, 3.63) is 40.1 Å². The Balaban J connectivity index is 1.30. The lowest BCUT2D eigenvalue weighted by Gasteiger charge is -2.32. The number of hydrogen-bond donors (Lipinski definition) is 0. The number of nitrogens with zero attached hydrogens (tertiary/aromatic N) is 4. The molecule has 1 saturated carbocycles. The summed E-state index contributed by atoms with van der Waals surface area (Å²) in [5, 5.41) is 4.58. The Morgan fingerprint density at radius 1 is 1.07 bits per heavy atom. The van der Waals surface area contributed by atoms with Gasteiger partial charge in [0.1, 0.15) is 5.82 Å². The van der Waals surface area contributed by atoms with Crippen LogP contribution in [0.3, 0.4) is 0 Å². The maximum atomic E-state index is 12.9. The van der Waals surface area contributed by atoms with Crippen LogP contribution in [0.25, 0.3) is 0 Å². The van der Waals surface area contributed by atoms with E-state index in [2.05, 4.69) is 5.10 Å². The van der Waals surface area contributed by atoms with Gasteiger partial charge in [-0.3, -0.25) is 9.36 Å². The minimum atomic E-state index is -0.00855. The van der Waals surface area contributed by atoms with Crippen LogP contribution in [-0.4, -0.2) is 45.0 Å². The van der Waals surface area contributed by atoms with Crippen molar-refractivity contribution in [2.24, 2.45) is 7.05 Å². The second-order valence-corrected chi connectivity index (χ2v) is 8.21. The quantitative estimate of drug-likeness (QED) is 0.794. The first-order valence-electron chi connectivity index (χ1n) is 10.5. The Morgan fingerprint density at radius 3 is 2.55 bits per heavy atom. The summed E-state index contributed by atoms with van der Waals surface area (Å²) in [6.07, 6.45) is 6.10. The van der Waals surface area contributed by atoms with E-state index in [0.29, 0.717) is 30.2 Å². The van der Waals surface area contributed by atoms with Crippen LogP contribution in [0.5, 0.6) is 11.5 Å². The van der Waals surface area contributed by atoms with Gasteiger partial charge in [0.25, 0.3) is 5.91 Å². The van der Waals surface area contributed by atoms with Gasteiger partial charge in [0.2, 0.25) is 6.79 Å². The van der Waals surface area contributed by atoms with E-state index in [4.69, 9.17) is 9.47 Å². The predicted molar refractivity (Wildman–Crippen MR) is 105 cm³/mol. The van der Waals surface area contributed by atoms with Gasteiger partial charge in [-0.25, -0.2) is 9.48 Å². The van der Waals surface area contributed by atoms with Gasteiger partial charge in [0.15, 0.2) is 11.5 Å². The molecule has 3 heterocycles. The maximum Gasteiger partial charge on any atom is 0.345 e. The maximum absolute atomic E-state index is 12.9. The first-order valence-corrected chi connectivity index (χ1v) is 10.5. The van der Waals surface area contributed by atoms with Gasteiger partial charge in [-0.1, -0.05) is 12.8 Å². The number of likely N-dealkylation sites (tertiary alicyclic amines) is 1. The molecular weight excluding hydrogens is 372 g/mol. The fraction of sp³-hybridized carbons (Fsp3) is 0.571. The summed E-state index contributed by atoms with van der Waals surface area (Å²) < 4.78 is 14.1. The molecule has 5 rings (SSSR count). The summed E-state index contributed by atoms with van der Waals surface area (Å²) in [4.78, 5) is 27.5. The molecule has 1 amide bonds. The molecular formula is C21H26N4O4. The van der Waals surface area contributed by atoms with Crippen LogP contribution in [0.15, 0.2) is 23.0 Å². The number of aryl methyl sites for hydroxylation is 1. The van der Waals surface area contributed by atoms with Crippen molar-refractivity contribution in [1.29, 1.82) is 0 Å². The molecule has 2 aromatic rings. The van der Waals surface area contributed by atoms with E-state index in [1.807, 2.05) is 9.47 Å². The van der Waals surface area contributed by atoms with Crippen LogP contribution in [0.4, 0.5) is 0 Å². The molecule has 1 saturated heterocycles. The Morgan fingerprint density at radius 2 is 1.79 bits per heavy atom. The molecule has 1 aromatic heterocycles. The largest absolute Gasteiger partial charge is 0.454 e. The molecule has 1 aromatic carbocycles. The highest BCUT2D eigenvalue weighted by Gasteiger charge is 2.32. The molecule has 0 unspecified atom stereocenters. The number of carbonyl (C=O) groups is 1. The standard InChI is InChI=1S/C21H26N4O4/c1-23-21(27)25(16-4-2-3-5-16)19(22-23)14-8-10-24(11-9-14)20(26)15-6-7-17-18(12-15)29-13-28-17/h6-7,12,14,16H,2-5,8-11,13H2,1H3. The highest BCUT2D eigenvalue weighted by molar-refractivity contribution is 5.95. The monoisotopic (exact) mass is 398 g/mol. The highest BCUT2D eigenvalue weighted by Crippen LogP contribution is 2.35. The normalized spacial score (nSPS) is 19.8. The Kier molecular flexibility index (Phi) is 4.56. The van der Waals surface area contributed by atoms with E-state index in [0.717, 1.165) is 31.5 Å². The number of aromatic nitrogens is 3. The lowest BCUT2D eigenvalue weighted by atomic mass is 9.95. The molecule has 8 heteroatoms. The average Bonchev–Trinajstić information content (AvgIpc) is 3.48. The third kappa shape index (κ3) is 3.20. The van der Waals surface area contributed by atoms with E-state index in [1.165, 1.54) is 17.5 Å². The predicted octanol–water partition coefficient (Wildman–Crippen LogP) is 2.45. The van der Waals surface area contributed by atoms with E-state index in [-0.39, 0.29) is 30.3 Å². The second-order valence-electron chi connectivity index (χ2n) is 8.21. The van der Waals surface area contributed by atoms with Gasteiger partial charge in [0, 0.05) is 37.7 Å². The summed E-state index contributed by atoms with van der Waals surface area (Å²) in [6.45, 7) is 1.52. The summed E-state index contributed by atoms with van der Waals surface area (Å²) in [7, 11) is 1.73. The fourth-order valence-corrected chi connectivity index (χ4v) is 4.84. The molecule has 8 nitrogen and oxygen atoms in total. The highest BCUT2D eigenvalue weighted by atomic mass is 16.7. The van der Waals surface area contributed by atoms with E-state index >= 15 is 0 Å². The molecule has 29 heavy (non-hydrogen) atoms. The van der Waals surface area contributed by atoms with Crippen molar-refractivity contribution in [3.8, 4) is 11.5 Å². The number of amides is 1. The number of benzene rings is 1. The van der Waals surface area contributed by atoms with Crippen molar-refractivity contribution in [1.82, 2.24) is 19.2 Å². The van der Waals surface area contributed by atoms with Crippen LogP contribution in [-0.2, 0) is 7.05 Å². The van der Waals surface area contributed by atoms with E-state index in [9.17, 15) is 9.59 Å². The van der Waals surface area contributed by atoms with Gasteiger partial charge in [-0.15, -0.1) is 0 Å². The molecule has 0 atom stereocenters. The van der Waals surface area contributed by atoms with Gasteiger partial charge in [-0.05, 0) is 43.9 Å². The Hall–Kier alpha value is -2.77. The molecule has 2 fully saturated rings. The molecule has 0 spiro atoms. The Labute approximate surface area is 169 Å². The molecule has 2 aliphatic heterocycles. The number of carbonyl (C=O) groups excluding carboxylic acids is 1. The van der Waals surface area contributed by atoms with Crippen LogP contribution >= 0.6 is 0 Å². The number of ether oxygens (including phenoxy) is 2. The zero-order valence-corrected chi connectivity index (χ0v) is 16.7. The molecule has 0 N–H and O–H groups in total. The third-order valence-electron chi connectivity index (χ3n) is 6.44. The van der Waals surface area contributed by atoms with Crippen molar-refractivity contribution in [2.75, 3.05) is 19.9 Å². The minimum absolute atomic E-state index is 0.00855. The number of piperidine rings is 1. The first-order chi connectivity index (χ1) is 14.1. The first kappa shape index (κ1) is 18.3. The summed E-state index contributed by atoms with van der Waals surface area (Å²) in [6, 6.07) is 5.61. The van der Waals surface area contributed by atoms with E-state index in [1.54, 1.807) is 25.2 Å². The SMILES string of the molecule is Cn1nc(C2CCN(C(=O)c3ccc4c(c3)OCO4)CC2)n(C2CCCC2)c1=O. The summed E-state index contributed by atoms with van der Waals surface area (Å²) in [5.74, 6) is 2.43. The van der Waals surface area contributed by atoms with Crippen molar-refractivity contribution < 1.29 is 14.3 Å². The summed E-state index contributed by atoms with van der Waals surface area (Å²) >= 11 is 0. The van der Waals surface area contributed by atoms with Crippen LogP contribution in [0, 0.1) is 0 Å². The number of rotatable bonds is 3. The van der Waals surface area contributed by atoms with Gasteiger partial charge < -0.3 is 14.4 Å².